The summed E-state index contributed by atoms with van der Waals surface area (Å²) in [5.41, 5.74) is 3.18. The molecular weight excluding hydrogens is 745 g/mol. The number of aromatic nitrogens is 2. The number of methoxy groups -OCH3 is 6. The highest BCUT2D eigenvalue weighted by Gasteiger charge is 2.47. The molecule has 0 spiro atoms. The van der Waals surface area contributed by atoms with Crippen molar-refractivity contribution in [2.45, 2.75) is 19.8 Å². The van der Waals surface area contributed by atoms with Crippen molar-refractivity contribution in [1.29, 1.82) is 0 Å². The van der Waals surface area contributed by atoms with Crippen molar-refractivity contribution in [2.24, 2.45) is 0 Å². The number of pyridine rings is 2. The summed E-state index contributed by atoms with van der Waals surface area (Å²) < 4.78 is 95.8. The highest BCUT2D eigenvalue weighted by Crippen LogP contribution is 2.42. The smallest absolute Gasteiger partial charge is 0.300 e. The standard InChI is InChI=1S/C36H46N4O12S2/c1-11-39(26-13-15-28(37-21-26)24-17-30(45-3)34(49-7)31(18-24)46-4)23-36(51-53(9,41)42,52-54(10,43)44)40(12-2)27-14-16-29(38-22-27)25-19-32(47-5)35(50-8)33(20-25)48-6/h13-22H,11-12,23H2,1-10H3. The van der Waals surface area contributed by atoms with Crippen LogP contribution in [0.3, 0.4) is 0 Å². The first kappa shape index (κ1) is 41.7. The summed E-state index contributed by atoms with van der Waals surface area (Å²) in [5.74, 6) is 0.123. The van der Waals surface area contributed by atoms with Crippen LogP contribution >= 0.6 is 0 Å². The largest absolute Gasteiger partial charge is 0.493 e. The maximum absolute atomic E-state index is 12.9. The summed E-state index contributed by atoms with van der Waals surface area (Å²) in [5, 5.41) is 0. The summed E-state index contributed by atoms with van der Waals surface area (Å²) in [4.78, 5) is 12.3. The van der Waals surface area contributed by atoms with Crippen LogP contribution in [0.4, 0.5) is 11.4 Å². The van der Waals surface area contributed by atoms with Gasteiger partial charge in [0.1, 0.15) is 0 Å². The lowest BCUT2D eigenvalue weighted by molar-refractivity contribution is -0.0965. The maximum Gasteiger partial charge on any atom is 0.300 e. The molecule has 54 heavy (non-hydrogen) atoms. The summed E-state index contributed by atoms with van der Waals surface area (Å²) in [7, 11) is 0.325. The average Bonchev–Trinajstić information content (AvgIpc) is 3.14. The van der Waals surface area contributed by atoms with E-state index in [4.69, 9.17) is 36.8 Å². The van der Waals surface area contributed by atoms with Crippen LogP contribution in [0.5, 0.6) is 34.5 Å². The molecule has 18 heteroatoms. The number of benzene rings is 2. The number of ether oxygens (including phenoxy) is 6. The van der Waals surface area contributed by atoms with E-state index >= 15 is 0 Å². The Morgan fingerprint density at radius 3 is 1.24 bits per heavy atom. The third-order valence-electron chi connectivity index (χ3n) is 8.16. The fourth-order valence-electron chi connectivity index (χ4n) is 5.88. The minimum atomic E-state index is -4.36. The number of nitrogens with zero attached hydrogens (tertiary/aromatic N) is 4. The zero-order chi connectivity index (χ0) is 39.8. The van der Waals surface area contributed by atoms with Crippen LogP contribution < -0.4 is 38.2 Å². The Morgan fingerprint density at radius 2 is 0.963 bits per heavy atom. The van der Waals surface area contributed by atoms with Crippen LogP contribution in [0.15, 0.2) is 60.9 Å². The fraction of sp³-hybridized carbons (Fsp3) is 0.389. The Morgan fingerprint density at radius 1 is 0.574 bits per heavy atom. The van der Waals surface area contributed by atoms with Crippen LogP contribution in [0, 0.1) is 0 Å². The van der Waals surface area contributed by atoms with E-state index in [1.807, 2.05) is 6.92 Å². The highest BCUT2D eigenvalue weighted by molar-refractivity contribution is 7.86. The Bertz CT molecular complexity index is 2030. The molecule has 2 aromatic carbocycles. The van der Waals surface area contributed by atoms with E-state index in [9.17, 15) is 16.8 Å². The average molecular weight is 791 g/mol. The molecular formula is C36H46N4O12S2. The second-order valence-corrected chi connectivity index (χ2v) is 14.8. The molecule has 0 saturated carbocycles. The van der Waals surface area contributed by atoms with E-state index in [0.29, 0.717) is 68.4 Å². The molecule has 2 aromatic heterocycles. The van der Waals surface area contributed by atoms with Gasteiger partial charge in [0, 0.05) is 24.2 Å². The lowest BCUT2D eigenvalue weighted by Gasteiger charge is -2.44. The Hall–Kier alpha value is -5.04. The van der Waals surface area contributed by atoms with Crippen molar-refractivity contribution in [3.8, 4) is 57.0 Å². The van der Waals surface area contributed by atoms with Gasteiger partial charge in [-0.1, -0.05) is 0 Å². The lowest BCUT2D eigenvalue weighted by Crippen LogP contribution is -2.61. The third-order valence-corrected chi connectivity index (χ3v) is 9.28. The lowest BCUT2D eigenvalue weighted by atomic mass is 10.1. The van der Waals surface area contributed by atoms with Crippen LogP contribution in [-0.4, -0.2) is 108 Å². The van der Waals surface area contributed by atoms with Gasteiger partial charge in [-0.2, -0.15) is 16.8 Å². The molecule has 16 nitrogen and oxygen atoms in total. The molecule has 0 bridgehead atoms. The van der Waals surface area contributed by atoms with Gasteiger partial charge in [-0.05, 0) is 62.4 Å². The maximum atomic E-state index is 12.9. The first-order chi connectivity index (χ1) is 25.6. The second kappa shape index (κ2) is 17.4. The van der Waals surface area contributed by atoms with Crippen molar-refractivity contribution in [3.63, 3.8) is 0 Å². The van der Waals surface area contributed by atoms with E-state index in [-0.39, 0.29) is 13.1 Å². The molecule has 0 amide bonds. The van der Waals surface area contributed by atoms with Gasteiger partial charge in [0.25, 0.3) is 20.2 Å². The van der Waals surface area contributed by atoms with Crippen molar-refractivity contribution in [3.05, 3.63) is 60.9 Å². The van der Waals surface area contributed by atoms with Gasteiger partial charge in [0.2, 0.25) is 11.5 Å². The molecule has 0 aliphatic rings. The molecule has 0 N–H and O–H groups in total. The molecule has 0 aliphatic carbocycles. The van der Waals surface area contributed by atoms with Crippen LogP contribution in [0.25, 0.3) is 22.5 Å². The van der Waals surface area contributed by atoms with Gasteiger partial charge in [0.15, 0.2) is 23.0 Å². The number of anilines is 2. The first-order valence-electron chi connectivity index (χ1n) is 16.5. The number of hydrogen-bond acceptors (Lipinski definition) is 16. The summed E-state index contributed by atoms with van der Waals surface area (Å²) in [6, 6.07) is 13.8. The van der Waals surface area contributed by atoms with Crippen molar-refractivity contribution < 1.29 is 53.6 Å². The van der Waals surface area contributed by atoms with E-state index < -0.39 is 32.7 Å². The van der Waals surface area contributed by atoms with Gasteiger partial charge in [0.05, 0.1) is 96.9 Å². The van der Waals surface area contributed by atoms with Crippen LogP contribution in [-0.2, 0) is 28.6 Å². The number of likely N-dealkylation sites (N-methyl/N-ethyl adjacent to an activating group) is 2. The second-order valence-electron chi connectivity index (χ2n) is 11.7. The topological polar surface area (TPSA) is 174 Å². The van der Waals surface area contributed by atoms with E-state index in [0.717, 1.165) is 12.5 Å². The monoisotopic (exact) mass is 790 g/mol. The Balaban J connectivity index is 1.79. The zero-order valence-corrected chi connectivity index (χ0v) is 33.5. The van der Waals surface area contributed by atoms with Gasteiger partial charge in [-0.15, -0.1) is 0 Å². The minimum absolute atomic E-state index is 0.0339. The molecule has 0 radical (unpaired) electrons. The SMILES string of the molecule is CCN(CC(OS(C)(=O)=O)(OS(C)(=O)=O)N(CC)c1ccc(-c2cc(OC)c(OC)c(OC)c2)nc1)c1ccc(-c2cc(OC)c(OC)c(OC)c2)nc1. The fourth-order valence-corrected chi connectivity index (χ4v) is 7.22. The van der Waals surface area contributed by atoms with Crippen molar-refractivity contribution in [1.82, 2.24) is 9.97 Å². The van der Waals surface area contributed by atoms with Gasteiger partial charge < -0.3 is 38.2 Å². The quantitative estimate of drug-likeness (QED) is 0.0933. The predicted octanol–water partition coefficient (Wildman–Crippen LogP) is 4.82. The van der Waals surface area contributed by atoms with Gasteiger partial charge >= 0.3 is 5.91 Å². The number of rotatable bonds is 19. The first-order valence-corrected chi connectivity index (χ1v) is 20.1. The zero-order valence-electron chi connectivity index (χ0n) is 31.9. The molecule has 4 rings (SSSR count). The van der Waals surface area contributed by atoms with E-state index in [2.05, 4.69) is 9.97 Å². The van der Waals surface area contributed by atoms with Crippen molar-refractivity contribution >= 4 is 31.6 Å². The number of hydrogen-bond donors (Lipinski definition) is 0. The third kappa shape index (κ3) is 9.54. The minimum Gasteiger partial charge on any atom is -0.493 e. The summed E-state index contributed by atoms with van der Waals surface area (Å²) >= 11 is 0. The van der Waals surface area contributed by atoms with Gasteiger partial charge in [-0.3, -0.25) is 9.97 Å². The predicted molar refractivity (Wildman–Crippen MR) is 204 cm³/mol. The normalized spacial score (nSPS) is 11.8. The molecule has 294 valence electrons. The Kier molecular flexibility index (Phi) is 13.4. The summed E-state index contributed by atoms with van der Waals surface area (Å²) in [6.45, 7) is 3.40. The van der Waals surface area contributed by atoms with Gasteiger partial charge in [-0.25, -0.2) is 8.37 Å². The Labute approximate surface area is 316 Å². The molecule has 4 aromatic rings. The molecule has 0 aliphatic heterocycles. The highest BCUT2D eigenvalue weighted by atomic mass is 32.2. The van der Waals surface area contributed by atoms with E-state index in [1.165, 1.54) is 53.8 Å². The molecule has 0 saturated heterocycles. The summed E-state index contributed by atoms with van der Waals surface area (Å²) in [6.07, 6.45) is 4.66. The molecule has 0 atom stereocenters. The van der Waals surface area contributed by atoms with Crippen LogP contribution in [0.1, 0.15) is 13.8 Å². The molecule has 0 unspecified atom stereocenters. The van der Waals surface area contributed by atoms with E-state index in [1.54, 1.807) is 66.6 Å². The molecule has 2 heterocycles. The molecule has 0 fully saturated rings. The van der Waals surface area contributed by atoms with Crippen LogP contribution in [0.2, 0.25) is 0 Å². The van der Waals surface area contributed by atoms with Crippen molar-refractivity contribution in [2.75, 3.05) is 84.6 Å².